The SMILES string of the molecule is CNC(=O)c1cccc(NCc2cc(=O)oc3c(C)c(O)ccc23)c1. The molecule has 0 radical (unpaired) electrons. The number of nitrogens with one attached hydrogen (secondary N) is 2. The van der Waals surface area contributed by atoms with Crippen LogP contribution >= 0.6 is 0 Å². The predicted molar refractivity (Wildman–Crippen MR) is 96.0 cm³/mol. The molecule has 3 aromatic rings. The largest absolute Gasteiger partial charge is 0.508 e. The monoisotopic (exact) mass is 338 g/mol. The summed E-state index contributed by atoms with van der Waals surface area (Å²) in [6, 6.07) is 11.8. The third kappa shape index (κ3) is 3.33. The topological polar surface area (TPSA) is 91.6 Å². The lowest BCUT2D eigenvalue weighted by Gasteiger charge is -2.11. The van der Waals surface area contributed by atoms with E-state index < -0.39 is 5.63 Å². The molecule has 1 amide bonds. The first kappa shape index (κ1) is 16.6. The highest BCUT2D eigenvalue weighted by atomic mass is 16.4. The minimum absolute atomic E-state index is 0.0824. The Bertz CT molecular complexity index is 1010. The molecule has 3 N–H and O–H groups in total. The number of benzene rings is 2. The molecule has 1 aromatic heterocycles. The maximum atomic E-state index is 11.8. The molecule has 0 saturated carbocycles. The molecule has 0 aliphatic heterocycles. The molecular formula is C19H18N2O4. The van der Waals surface area contributed by atoms with Crippen LogP contribution in [0.4, 0.5) is 5.69 Å². The van der Waals surface area contributed by atoms with Crippen LogP contribution in [0.2, 0.25) is 0 Å². The van der Waals surface area contributed by atoms with Crippen LogP contribution < -0.4 is 16.3 Å². The van der Waals surface area contributed by atoms with E-state index in [2.05, 4.69) is 10.6 Å². The molecule has 1 heterocycles. The zero-order valence-corrected chi connectivity index (χ0v) is 13.9. The third-order valence-electron chi connectivity index (χ3n) is 4.05. The molecule has 0 fully saturated rings. The number of rotatable bonds is 4. The smallest absolute Gasteiger partial charge is 0.336 e. The second-order valence-electron chi connectivity index (χ2n) is 5.69. The Hall–Kier alpha value is -3.28. The normalized spacial score (nSPS) is 10.6. The Balaban J connectivity index is 1.93. The number of anilines is 1. The Morgan fingerprint density at radius 3 is 2.76 bits per heavy atom. The number of carbonyl (C=O) groups excluding carboxylic acids is 1. The summed E-state index contributed by atoms with van der Waals surface area (Å²) in [6.07, 6.45) is 0. The van der Waals surface area contributed by atoms with Gasteiger partial charge in [0.25, 0.3) is 5.91 Å². The molecule has 0 saturated heterocycles. The molecule has 6 nitrogen and oxygen atoms in total. The van der Waals surface area contributed by atoms with Gasteiger partial charge in [0.05, 0.1) is 0 Å². The van der Waals surface area contributed by atoms with Crippen molar-refractivity contribution in [1.82, 2.24) is 5.32 Å². The van der Waals surface area contributed by atoms with Gasteiger partial charge in [-0.1, -0.05) is 6.07 Å². The fraction of sp³-hybridized carbons (Fsp3) is 0.158. The lowest BCUT2D eigenvalue weighted by Crippen LogP contribution is -2.17. The lowest BCUT2D eigenvalue weighted by molar-refractivity contribution is 0.0963. The van der Waals surface area contributed by atoms with Crippen molar-refractivity contribution in [3.8, 4) is 5.75 Å². The number of aromatic hydroxyl groups is 1. The quantitative estimate of drug-likeness (QED) is 0.636. The summed E-state index contributed by atoms with van der Waals surface area (Å²) in [6.45, 7) is 2.08. The van der Waals surface area contributed by atoms with Crippen molar-refractivity contribution in [2.75, 3.05) is 12.4 Å². The van der Waals surface area contributed by atoms with Gasteiger partial charge in [-0.05, 0) is 42.8 Å². The summed E-state index contributed by atoms with van der Waals surface area (Å²) in [5.74, 6) is -0.0837. The van der Waals surface area contributed by atoms with Crippen LogP contribution in [0, 0.1) is 6.92 Å². The maximum absolute atomic E-state index is 11.8. The number of phenolic OH excluding ortho intramolecular Hbond substituents is 1. The highest BCUT2D eigenvalue weighted by molar-refractivity contribution is 5.94. The predicted octanol–water partition coefficient (Wildman–Crippen LogP) is 2.78. The summed E-state index contributed by atoms with van der Waals surface area (Å²) in [7, 11) is 1.58. The summed E-state index contributed by atoms with van der Waals surface area (Å²) in [5, 5.41) is 16.3. The number of fused-ring (bicyclic) bond motifs is 1. The van der Waals surface area contributed by atoms with Gasteiger partial charge in [-0.15, -0.1) is 0 Å². The van der Waals surface area contributed by atoms with E-state index in [1.54, 1.807) is 44.3 Å². The number of aryl methyl sites for hydroxylation is 1. The molecule has 0 bridgehead atoms. The van der Waals surface area contributed by atoms with E-state index in [0.29, 0.717) is 23.3 Å². The van der Waals surface area contributed by atoms with Crippen molar-refractivity contribution in [3.63, 3.8) is 0 Å². The van der Waals surface area contributed by atoms with Gasteiger partial charge in [-0.3, -0.25) is 4.79 Å². The van der Waals surface area contributed by atoms with Gasteiger partial charge in [0.2, 0.25) is 0 Å². The molecule has 0 unspecified atom stereocenters. The van der Waals surface area contributed by atoms with Crippen molar-refractivity contribution in [1.29, 1.82) is 0 Å². The molecule has 0 spiro atoms. The number of hydrogen-bond acceptors (Lipinski definition) is 5. The van der Waals surface area contributed by atoms with Crippen LogP contribution in [0.25, 0.3) is 11.0 Å². The van der Waals surface area contributed by atoms with E-state index in [1.165, 1.54) is 6.07 Å². The number of hydrogen-bond donors (Lipinski definition) is 3. The van der Waals surface area contributed by atoms with Gasteiger partial charge in [0.15, 0.2) is 0 Å². The second kappa shape index (κ2) is 6.68. The first-order chi connectivity index (χ1) is 12.0. The molecule has 0 aliphatic rings. The van der Waals surface area contributed by atoms with E-state index >= 15 is 0 Å². The zero-order valence-electron chi connectivity index (χ0n) is 13.9. The standard InChI is InChI=1S/C19H18N2O4/c1-11-16(22)7-6-15-13(9-17(23)25-18(11)15)10-21-14-5-3-4-12(8-14)19(24)20-2/h3-9,21-22H,10H2,1-2H3,(H,20,24). The van der Waals surface area contributed by atoms with Crippen LogP contribution in [0.5, 0.6) is 5.75 Å². The zero-order chi connectivity index (χ0) is 18.0. The van der Waals surface area contributed by atoms with Crippen molar-refractivity contribution >= 4 is 22.6 Å². The first-order valence-corrected chi connectivity index (χ1v) is 7.81. The minimum atomic E-state index is -0.475. The lowest BCUT2D eigenvalue weighted by atomic mass is 10.1. The summed E-state index contributed by atoms with van der Waals surface area (Å²) in [4.78, 5) is 23.5. The Morgan fingerprint density at radius 1 is 1.20 bits per heavy atom. The van der Waals surface area contributed by atoms with Crippen molar-refractivity contribution < 1.29 is 14.3 Å². The van der Waals surface area contributed by atoms with Crippen molar-refractivity contribution in [2.24, 2.45) is 0 Å². The minimum Gasteiger partial charge on any atom is -0.508 e. The van der Waals surface area contributed by atoms with Gasteiger partial charge in [-0.25, -0.2) is 4.79 Å². The van der Waals surface area contributed by atoms with E-state index in [1.807, 2.05) is 6.07 Å². The van der Waals surface area contributed by atoms with E-state index in [4.69, 9.17) is 4.42 Å². The van der Waals surface area contributed by atoms with Gasteiger partial charge in [-0.2, -0.15) is 0 Å². The molecule has 2 aromatic carbocycles. The third-order valence-corrected chi connectivity index (χ3v) is 4.05. The molecule has 6 heteroatoms. The molecule has 0 atom stereocenters. The Morgan fingerprint density at radius 2 is 2.00 bits per heavy atom. The van der Waals surface area contributed by atoms with E-state index in [9.17, 15) is 14.7 Å². The van der Waals surface area contributed by atoms with Crippen LogP contribution in [0.1, 0.15) is 21.5 Å². The fourth-order valence-electron chi connectivity index (χ4n) is 2.67. The van der Waals surface area contributed by atoms with Gasteiger partial charge in [0, 0.05) is 41.9 Å². The van der Waals surface area contributed by atoms with Crippen LogP contribution in [-0.4, -0.2) is 18.1 Å². The molecule has 25 heavy (non-hydrogen) atoms. The average molecular weight is 338 g/mol. The summed E-state index contributed by atoms with van der Waals surface area (Å²) >= 11 is 0. The van der Waals surface area contributed by atoms with Crippen molar-refractivity contribution in [2.45, 2.75) is 13.5 Å². The highest BCUT2D eigenvalue weighted by Gasteiger charge is 2.11. The van der Waals surface area contributed by atoms with Crippen LogP contribution in [0.15, 0.2) is 51.7 Å². The number of amides is 1. The van der Waals surface area contributed by atoms with Gasteiger partial charge >= 0.3 is 5.63 Å². The van der Waals surface area contributed by atoms with E-state index in [-0.39, 0.29) is 11.7 Å². The van der Waals surface area contributed by atoms with E-state index in [0.717, 1.165) is 16.6 Å². The molecular weight excluding hydrogens is 320 g/mol. The first-order valence-electron chi connectivity index (χ1n) is 7.81. The average Bonchev–Trinajstić information content (AvgIpc) is 2.62. The highest BCUT2D eigenvalue weighted by Crippen LogP contribution is 2.27. The number of carbonyl (C=O) groups is 1. The van der Waals surface area contributed by atoms with Gasteiger partial charge in [0.1, 0.15) is 11.3 Å². The molecule has 0 aliphatic carbocycles. The fourth-order valence-corrected chi connectivity index (χ4v) is 2.67. The second-order valence-corrected chi connectivity index (χ2v) is 5.69. The maximum Gasteiger partial charge on any atom is 0.336 e. The summed E-state index contributed by atoms with van der Waals surface area (Å²) < 4.78 is 5.23. The number of phenols is 1. The Labute approximate surface area is 144 Å². The Kier molecular flexibility index (Phi) is 4.43. The molecule has 3 rings (SSSR count). The van der Waals surface area contributed by atoms with Crippen LogP contribution in [-0.2, 0) is 6.54 Å². The molecule has 128 valence electrons. The van der Waals surface area contributed by atoms with Gasteiger partial charge < -0.3 is 20.2 Å². The van der Waals surface area contributed by atoms with Crippen molar-refractivity contribution in [3.05, 3.63) is 69.6 Å². The van der Waals surface area contributed by atoms with Crippen LogP contribution in [0.3, 0.4) is 0 Å². The summed E-state index contributed by atoms with van der Waals surface area (Å²) in [5.41, 5.74) is 2.49.